The molecule has 23 heavy (non-hydrogen) atoms. The Morgan fingerprint density at radius 3 is 2.48 bits per heavy atom. The number of hydrogen-bond acceptors (Lipinski definition) is 3. The van der Waals surface area contributed by atoms with Crippen LogP contribution in [0, 0.1) is 0 Å². The van der Waals surface area contributed by atoms with Crippen molar-refractivity contribution in [1.29, 1.82) is 0 Å². The number of hydrogen-bond donors (Lipinski definition) is 2. The number of nitrogens with zero attached hydrogens (tertiary/aromatic N) is 1. The Kier molecular flexibility index (Phi) is 7.02. The van der Waals surface area contributed by atoms with Gasteiger partial charge in [-0.25, -0.2) is 0 Å². The molecule has 0 aromatic heterocycles. The molecule has 1 rings (SSSR count). The van der Waals surface area contributed by atoms with Crippen molar-refractivity contribution in [2.75, 3.05) is 32.5 Å². The van der Waals surface area contributed by atoms with E-state index in [0.717, 1.165) is 25.1 Å². The fraction of sp³-hybridized carbons (Fsp3) is 0.467. The highest BCUT2D eigenvalue weighted by Gasteiger charge is 2.30. The maximum Gasteiger partial charge on any atom is 0.416 e. The number of benzene rings is 1. The molecule has 0 aliphatic heterocycles. The van der Waals surface area contributed by atoms with Crippen LogP contribution in [-0.2, 0) is 15.8 Å². The van der Waals surface area contributed by atoms with Gasteiger partial charge in [0.05, 0.1) is 5.56 Å². The first kappa shape index (κ1) is 19.0. The van der Waals surface area contributed by atoms with E-state index in [9.17, 15) is 22.8 Å². The second-order valence-electron chi connectivity index (χ2n) is 5.31. The van der Waals surface area contributed by atoms with E-state index in [1.807, 2.05) is 19.0 Å². The highest BCUT2D eigenvalue weighted by atomic mass is 19.4. The number of rotatable bonds is 7. The molecule has 2 amide bonds. The number of carbonyl (C=O) groups is 2. The lowest BCUT2D eigenvalue weighted by atomic mass is 10.2. The van der Waals surface area contributed by atoms with Gasteiger partial charge in [-0.05, 0) is 45.3 Å². The van der Waals surface area contributed by atoms with E-state index in [2.05, 4.69) is 10.6 Å². The summed E-state index contributed by atoms with van der Waals surface area (Å²) in [5, 5.41) is 4.87. The zero-order valence-corrected chi connectivity index (χ0v) is 13.0. The maximum atomic E-state index is 12.6. The van der Waals surface area contributed by atoms with Crippen LogP contribution in [0.1, 0.15) is 18.4 Å². The molecule has 0 aliphatic rings. The molecular weight excluding hydrogens is 311 g/mol. The number of nitrogens with one attached hydrogen (secondary N) is 2. The van der Waals surface area contributed by atoms with Crippen molar-refractivity contribution in [3.8, 4) is 0 Å². The minimum atomic E-state index is -4.48. The zero-order chi connectivity index (χ0) is 17.5. The van der Waals surface area contributed by atoms with E-state index in [1.54, 1.807) is 0 Å². The van der Waals surface area contributed by atoms with Gasteiger partial charge in [-0.2, -0.15) is 13.2 Å². The fourth-order valence-corrected chi connectivity index (χ4v) is 1.81. The number of alkyl halides is 3. The van der Waals surface area contributed by atoms with Gasteiger partial charge >= 0.3 is 6.18 Å². The second kappa shape index (κ2) is 8.52. The molecule has 0 aliphatic carbocycles. The summed E-state index contributed by atoms with van der Waals surface area (Å²) in [4.78, 5) is 25.2. The van der Waals surface area contributed by atoms with E-state index < -0.39 is 30.0 Å². The monoisotopic (exact) mass is 331 g/mol. The van der Waals surface area contributed by atoms with E-state index in [1.165, 1.54) is 12.1 Å². The van der Waals surface area contributed by atoms with Gasteiger partial charge < -0.3 is 15.5 Å². The molecule has 0 unspecified atom stereocenters. The van der Waals surface area contributed by atoms with Gasteiger partial charge in [0.1, 0.15) is 6.42 Å². The molecular formula is C15H20F3N3O2. The number of halogens is 3. The fourth-order valence-electron chi connectivity index (χ4n) is 1.81. The van der Waals surface area contributed by atoms with E-state index in [0.29, 0.717) is 6.54 Å². The van der Waals surface area contributed by atoms with Gasteiger partial charge in [-0.3, -0.25) is 9.59 Å². The van der Waals surface area contributed by atoms with Gasteiger partial charge in [0.25, 0.3) is 0 Å². The predicted octanol–water partition coefficient (Wildman–Crippen LogP) is 2.10. The van der Waals surface area contributed by atoms with Crippen LogP contribution in [-0.4, -0.2) is 43.9 Å². The van der Waals surface area contributed by atoms with Crippen molar-refractivity contribution in [3.05, 3.63) is 29.8 Å². The highest BCUT2D eigenvalue weighted by Crippen LogP contribution is 2.30. The highest BCUT2D eigenvalue weighted by molar-refractivity contribution is 6.03. The van der Waals surface area contributed by atoms with Crippen LogP contribution in [0.15, 0.2) is 24.3 Å². The van der Waals surface area contributed by atoms with Gasteiger partial charge in [-0.1, -0.05) is 6.07 Å². The molecule has 128 valence electrons. The third kappa shape index (κ3) is 7.64. The predicted molar refractivity (Wildman–Crippen MR) is 80.9 cm³/mol. The molecule has 0 fully saturated rings. The molecule has 1 aromatic carbocycles. The van der Waals surface area contributed by atoms with Gasteiger partial charge in [0, 0.05) is 12.2 Å². The molecule has 0 atom stereocenters. The van der Waals surface area contributed by atoms with Crippen molar-refractivity contribution in [1.82, 2.24) is 10.2 Å². The van der Waals surface area contributed by atoms with Crippen LogP contribution in [0.25, 0.3) is 0 Å². The molecule has 0 bridgehead atoms. The summed E-state index contributed by atoms with van der Waals surface area (Å²) in [5.41, 5.74) is -0.853. The summed E-state index contributed by atoms with van der Waals surface area (Å²) < 4.78 is 37.7. The average Bonchev–Trinajstić information content (AvgIpc) is 2.42. The van der Waals surface area contributed by atoms with E-state index in [4.69, 9.17) is 0 Å². The SMILES string of the molecule is CN(C)CCCNC(=O)CC(=O)Nc1cccc(C(F)(F)F)c1. The summed E-state index contributed by atoms with van der Waals surface area (Å²) in [6.07, 6.45) is -4.17. The number of anilines is 1. The van der Waals surface area contributed by atoms with E-state index >= 15 is 0 Å². The quantitative estimate of drug-likeness (QED) is 0.594. The van der Waals surface area contributed by atoms with Crippen molar-refractivity contribution < 1.29 is 22.8 Å². The molecule has 0 radical (unpaired) electrons. The second-order valence-corrected chi connectivity index (χ2v) is 5.31. The van der Waals surface area contributed by atoms with Crippen molar-refractivity contribution in [2.24, 2.45) is 0 Å². The van der Waals surface area contributed by atoms with Gasteiger partial charge in [0.2, 0.25) is 11.8 Å². The molecule has 0 spiro atoms. The summed E-state index contributed by atoms with van der Waals surface area (Å²) >= 11 is 0. The smallest absolute Gasteiger partial charge is 0.356 e. The van der Waals surface area contributed by atoms with Crippen LogP contribution in [0.5, 0.6) is 0 Å². The molecule has 0 saturated carbocycles. The lowest BCUT2D eigenvalue weighted by Crippen LogP contribution is -2.30. The zero-order valence-electron chi connectivity index (χ0n) is 13.0. The molecule has 1 aromatic rings. The van der Waals surface area contributed by atoms with Crippen LogP contribution in [0.3, 0.4) is 0 Å². The molecule has 2 N–H and O–H groups in total. The van der Waals surface area contributed by atoms with Crippen molar-refractivity contribution >= 4 is 17.5 Å². The summed E-state index contributed by atoms with van der Waals surface area (Å²) in [6, 6.07) is 4.27. The number of amides is 2. The normalized spacial score (nSPS) is 11.4. The maximum absolute atomic E-state index is 12.6. The Morgan fingerprint density at radius 1 is 1.17 bits per heavy atom. The minimum absolute atomic E-state index is 0.00485. The Balaban J connectivity index is 2.43. The van der Waals surface area contributed by atoms with Crippen molar-refractivity contribution in [3.63, 3.8) is 0 Å². The van der Waals surface area contributed by atoms with Gasteiger partial charge in [-0.15, -0.1) is 0 Å². The van der Waals surface area contributed by atoms with Crippen LogP contribution in [0.4, 0.5) is 18.9 Å². The topological polar surface area (TPSA) is 61.4 Å². The Bertz CT molecular complexity index is 545. The molecule has 5 nitrogen and oxygen atoms in total. The Labute approximate surface area is 132 Å². The third-order valence-corrected chi connectivity index (χ3v) is 2.90. The third-order valence-electron chi connectivity index (χ3n) is 2.90. The van der Waals surface area contributed by atoms with Crippen LogP contribution >= 0.6 is 0 Å². The first-order chi connectivity index (χ1) is 10.7. The molecule has 8 heteroatoms. The Morgan fingerprint density at radius 2 is 1.87 bits per heavy atom. The molecule has 0 heterocycles. The standard InChI is InChI=1S/C15H20F3N3O2/c1-21(2)8-4-7-19-13(22)10-14(23)20-12-6-3-5-11(9-12)15(16,17)18/h3,5-6,9H,4,7-8,10H2,1-2H3,(H,19,22)(H,20,23). The van der Waals surface area contributed by atoms with Crippen LogP contribution < -0.4 is 10.6 Å². The first-order valence-electron chi connectivity index (χ1n) is 7.07. The van der Waals surface area contributed by atoms with E-state index in [-0.39, 0.29) is 5.69 Å². The molecule has 0 saturated heterocycles. The lowest BCUT2D eigenvalue weighted by molar-refractivity contribution is -0.137. The van der Waals surface area contributed by atoms with Gasteiger partial charge in [0.15, 0.2) is 0 Å². The average molecular weight is 331 g/mol. The minimum Gasteiger partial charge on any atom is -0.356 e. The summed E-state index contributed by atoms with van der Waals surface area (Å²) in [7, 11) is 3.81. The van der Waals surface area contributed by atoms with Crippen molar-refractivity contribution in [2.45, 2.75) is 19.0 Å². The Hall–Kier alpha value is -2.09. The largest absolute Gasteiger partial charge is 0.416 e. The summed E-state index contributed by atoms with van der Waals surface area (Å²) in [6.45, 7) is 1.24. The van der Waals surface area contributed by atoms with Crippen LogP contribution in [0.2, 0.25) is 0 Å². The number of carbonyl (C=O) groups excluding carboxylic acids is 2. The lowest BCUT2D eigenvalue weighted by Gasteiger charge is -2.11. The summed E-state index contributed by atoms with van der Waals surface area (Å²) in [5.74, 6) is -1.12. The first-order valence-corrected chi connectivity index (χ1v) is 7.07.